The normalized spacial score (nSPS) is 14.8. The van der Waals surface area contributed by atoms with E-state index in [1.54, 1.807) is 0 Å². The molecule has 18 heavy (non-hydrogen) atoms. The predicted octanol–water partition coefficient (Wildman–Crippen LogP) is 2.17. The van der Waals surface area contributed by atoms with Crippen molar-refractivity contribution in [1.82, 2.24) is 0 Å². The summed E-state index contributed by atoms with van der Waals surface area (Å²) in [7, 11) is 1.93. The van der Waals surface area contributed by atoms with Crippen molar-refractivity contribution >= 4 is 11.7 Å². The van der Waals surface area contributed by atoms with Gasteiger partial charge in [0.15, 0.2) is 0 Å². The molecule has 4 heteroatoms. The molecule has 1 aliphatic heterocycles. The monoisotopic (exact) mass is 249 g/mol. The molecule has 1 aromatic rings. The molecule has 1 heterocycles. The van der Waals surface area contributed by atoms with Gasteiger partial charge in [0.05, 0.1) is 12.5 Å². The van der Waals surface area contributed by atoms with Gasteiger partial charge in [-0.1, -0.05) is 6.92 Å². The average Bonchev–Trinajstić information content (AvgIpc) is 2.82. The van der Waals surface area contributed by atoms with Crippen molar-refractivity contribution in [2.45, 2.75) is 19.8 Å². The summed E-state index contributed by atoms with van der Waals surface area (Å²) in [6, 6.07) is 6.05. The third-order valence-corrected chi connectivity index (χ3v) is 3.45. The lowest BCUT2D eigenvalue weighted by Crippen LogP contribution is -2.29. The molecule has 2 rings (SSSR count). The maximum absolute atomic E-state index is 11.0. The fourth-order valence-corrected chi connectivity index (χ4v) is 2.23. The number of hydrogen-bond donors (Lipinski definition) is 1. The summed E-state index contributed by atoms with van der Waals surface area (Å²) in [5.74, 6) is -0.0919. The first-order chi connectivity index (χ1) is 8.61. The molecule has 0 amide bonds. The number of aliphatic carboxylic acids is 1. The number of carboxylic acid groups (broad SMARTS) is 1. The first kappa shape index (κ1) is 12.7. The van der Waals surface area contributed by atoms with Gasteiger partial charge in [-0.2, -0.15) is 0 Å². The molecule has 98 valence electrons. The van der Waals surface area contributed by atoms with E-state index in [4.69, 9.17) is 9.84 Å². The van der Waals surface area contributed by atoms with E-state index in [2.05, 4.69) is 6.07 Å². The number of hydrogen-bond acceptors (Lipinski definition) is 3. The van der Waals surface area contributed by atoms with Gasteiger partial charge >= 0.3 is 5.97 Å². The Kier molecular flexibility index (Phi) is 3.75. The zero-order valence-electron chi connectivity index (χ0n) is 10.8. The second-order valence-corrected chi connectivity index (χ2v) is 4.71. The van der Waals surface area contributed by atoms with Gasteiger partial charge in [0.1, 0.15) is 5.75 Å². The average molecular weight is 249 g/mol. The van der Waals surface area contributed by atoms with E-state index >= 15 is 0 Å². The number of ether oxygens (including phenoxy) is 1. The number of anilines is 1. The molecule has 1 aliphatic rings. The van der Waals surface area contributed by atoms with E-state index in [0.29, 0.717) is 13.0 Å². The van der Waals surface area contributed by atoms with Gasteiger partial charge in [0.2, 0.25) is 0 Å². The molecule has 0 fully saturated rings. The molecular weight excluding hydrogens is 230 g/mol. The summed E-state index contributed by atoms with van der Waals surface area (Å²) < 4.78 is 5.46. The first-order valence-electron chi connectivity index (χ1n) is 6.31. The Morgan fingerprint density at radius 2 is 2.33 bits per heavy atom. The van der Waals surface area contributed by atoms with Gasteiger partial charge in [-0.25, -0.2) is 0 Å². The van der Waals surface area contributed by atoms with Gasteiger partial charge in [-0.15, -0.1) is 0 Å². The summed E-state index contributed by atoms with van der Waals surface area (Å²) in [6.07, 6.45) is 1.58. The molecule has 0 aromatic heterocycles. The van der Waals surface area contributed by atoms with Gasteiger partial charge in [-0.05, 0) is 30.2 Å². The summed E-state index contributed by atoms with van der Waals surface area (Å²) in [4.78, 5) is 13.0. The third-order valence-electron chi connectivity index (χ3n) is 3.45. The largest absolute Gasteiger partial charge is 0.493 e. The number of benzene rings is 1. The van der Waals surface area contributed by atoms with Crippen molar-refractivity contribution in [1.29, 1.82) is 0 Å². The molecule has 0 aliphatic carbocycles. The highest BCUT2D eigenvalue weighted by atomic mass is 16.5. The molecule has 0 radical (unpaired) electrons. The second kappa shape index (κ2) is 5.29. The quantitative estimate of drug-likeness (QED) is 0.869. The van der Waals surface area contributed by atoms with Gasteiger partial charge in [0, 0.05) is 25.7 Å². The number of fused-ring (bicyclic) bond motifs is 1. The lowest BCUT2D eigenvalue weighted by Gasteiger charge is -2.23. The molecule has 1 atom stereocenters. The lowest BCUT2D eigenvalue weighted by molar-refractivity contribution is -0.141. The Morgan fingerprint density at radius 3 is 3.00 bits per heavy atom. The van der Waals surface area contributed by atoms with Gasteiger partial charge in [-0.3, -0.25) is 4.79 Å². The molecule has 4 nitrogen and oxygen atoms in total. The first-order valence-corrected chi connectivity index (χ1v) is 6.31. The summed E-state index contributed by atoms with van der Waals surface area (Å²) in [5.41, 5.74) is 2.27. The Hall–Kier alpha value is -1.71. The van der Waals surface area contributed by atoms with Crippen molar-refractivity contribution < 1.29 is 14.6 Å². The Morgan fingerprint density at radius 1 is 1.56 bits per heavy atom. The van der Waals surface area contributed by atoms with Crippen molar-refractivity contribution in [3.05, 3.63) is 23.8 Å². The summed E-state index contributed by atoms with van der Waals surface area (Å²) in [5, 5.41) is 9.08. The smallest absolute Gasteiger partial charge is 0.308 e. The minimum atomic E-state index is -0.728. The molecule has 0 saturated heterocycles. The van der Waals surface area contributed by atoms with Crippen LogP contribution in [0.1, 0.15) is 18.9 Å². The van der Waals surface area contributed by atoms with Crippen LogP contribution in [0.5, 0.6) is 5.75 Å². The second-order valence-electron chi connectivity index (χ2n) is 4.71. The van der Waals surface area contributed by atoms with Crippen molar-refractivity contribution in [2.24, 2.45) is 5.92 Å². The highest BCUT2D eigenvalue weighted by Gasteiger charge is 2.19. The van der Waals surface area contributed by atoms with Crippen molar-refractivity contribution in [2.75, 3.05) is 25.1 Å². The van der Waals surface area contributed by atoms with Crippen LogP contribution in [0.4, 0.5) is 5.69 Å². The van der Waals surface area contributed by atoms with Crippen LogP contribution in [0, 0.1) is 5.92 Å². The Labute approximate surface area is 107 Å². The Balaban J connectivity index is 2.09. The molecule has 0 spiro atoms. The molecule has 1 N–H and O–H groups in total. The fourth-order valence-electron chi connectivity index (χ4n) is 2.23. The summed E-state index contributed by atoms with van der Waals surface area (Å²) in [6.45, 7) is 3.18. The fraction of sp³-hybridized carbons (Fsp3) is 0.500. The van der Waals surface area contributed by atoms with Gasteiger partial charge in [0.25, 0.3) is 0 Å². The molecule has 1 aromatic carbocycles. The maximum Gasteiger partial charge on any atom is 0.308 e. The van der Waals surface area contributed by atoms with Crippen LogP contribution < -0.4 is 9.64 Å². The van der Waals surface area contributed by atoms with Crippen LogP contribution in [0.15, 0.2) is 18.2 Å². The summed E-state index contributed by atoms with van der Waals surface area (Å²) >= 11 is 0. The van der Waals surface area contributed by atoms with E-state index < -0.39 is 5.97 Å². The van der Waals surface area contributed by atoms with E-state index in [1.165, 1.54) is 5.56 Å². The number of nitrogens with zero attached hydrogens (tertiary/aromatic N) is 1. The van der Waals surface area contributed by atoms with Crippen LogP contribution in [0.2, 0.25) is 0 Å². The minimum absolute atomic E-state index is 0.320. The van der Waals surface area contributed by atoms with Crippen LogP contribution in [-0.2, 0) is 11.2 Å². The lowest BCUT2D eigenvalue weighted by atomic mass is 10.1. The van der Waals surface area contributed by atoms with Crippen LogP contribution in [0.25, 0.3) is 0 Å². The molecule has 1 unspecified atom stereocenters. The van der Waals surface area contributed by atoms with Gasteiger partial charge < -0.3 is 14.7 Å². The van der Waals surface area contributed by atoms with Crippen LogP contribution >= 0.6 is 0 Å². The highest BCUT2D eigenvalue weighted by Crippen LogP contribution is 2.29. The number of carbonyl (C=O) groups is 1. The SMILES string of the molecule is CCC(CN(C)c1ccc2c(c1)CCO2)C(=O)O. The highest BCUT2D eigenvalue weighted by molar-refractivity contribution is 5.71. The van der Waals surface area contributed by atoms with E-state index in [0.717, 1.165) is 24.5 Å². The predicted molar refractivity (Wildman–Crippen MR) is 70.3 cm³/mol. The van der Waals surface area contributed by atoms with E-state index in [-0.39, 0.29) is 5.92 Å². The maximum atomic E-state index is 11.0. The standard InChI is InChI=1S/C14H19NO3/c1-3-10(14(16)17)9-15(2)12-4-5-13-11(8-12)6-7-18-13/h4-5,8,10H,3,6-7,9H2,1-2H3,(H,16,17). The number of carboxylic acids is 1. The zero-order chi connectivity index (χ0) is 13.1. The molecule has 0 saturated carbocycles. The number of rotatable bonds is 5. The van der Waals surface area contributed by atoms with Crippen molar-refractivity contribution in [3.8, 4) is 5.75 Å². The van der Waals surface area contributed by atoms with Crippen LogP contribution in [-0.4, -0.2) is 31.3 Å². The van der Waals surface area contributed by atoms with E-state index in [9.17, 15) is 4.79 Å². The Bertz CT molecular complexity index is 445. The molecule has 0 bridgehead atoms. The zero-order valence-corrected chi connectivity index (χ0v) is 10.8. The third kappa shape index (κ3) is 2.58. The van der Waals surface area contributed by atoms with Crippen molar-refractivity contribution in [3.63, 3.8) is 0 Å². The minimum Gasteiger partial charge on any atom is -0.493 e. The van der Waals surface area contributed by atoms with Crippen LogP contribution in [0.3, 0.4) is 0 Å². The van der Waals surface area contributed by atoms with E-state index in [1.807, 2.05) is 31.0 Å². The molecular formula is C14H19NO3. The topological polar surface area (TPSA) is 49.8 Å².